The van der Waals surface area contributed by atoms with Gasteiger partial charge in [-0.1, -0.05) is 6.42 Å². The van der Waals surface area contributed by atoms with Gasteiger partial charge >= 0.3 is 0 Å². The summed E-state index contributed by atoms with van der Waals surface area (Å²) < 4.78 is 35.2. The van der Waals surface area contributed by atoms with E-state index in [4.69, 9.17) is 4.74 Å². The van der Waals surface area contributed by atoms with Crippen molar-refractivity contribution in [1.29, 1.82) is 0 Å². The number of aromatic nitrogens is 2. The number of aliphatic hydroxyl groups excluding tert-OH is 1. The van der Waals surface area contributed by atoms with Crippen LogP contribution < -0.4 is 0 Å². The Morgan fingerprint density at radius 1 is 1.30 bits per heavy atom. The minimum absolute atomic E-state index is 0.0534. The van der Waals surface area contributed by atoms with Gasteiger partial charge in [0.25, 0.3) is 0 Å². The summed E-state index contributed by atoms with van der Waals surface area (Å²) in [5, 5.41) is 14.5. The number of nitrogens with zero attached hydrogens (tertiary/aromatic N) is 3. The lowest BCUT2D eigenvalue weighted by Crippen LogP contribution is -2.53. The van der Waals surface area contributed by atoms with Crippen molar-refractivity contribution >= 4 is 10.0 Å². The molecule has 1 saturated heterocycles. The fourth-order valence-electron chi connectivity index (χ4n) is 3.91. The Morgan fingerprint density at radius 2 is 2.04 bits per heavy atom. The van der Waals surface area contributed by atoms with Crippen molar-refractivity contribution in [3.05, 3.63) is 11.4 Å². The van der Waals surface area contributed by atoms with Crippen molar-refractivity contribution in [2.75, 3.05) is 19.8 Å². The largest absolute Gasteiger partial charge is 0.393 e. The molecule has 1 aliphatic heterocycles. The van der Waals surface area contributed by atoms with Gasteiger partial charge in [-0.25, -0.2) is 8.42 Å². The first kappa shape index (κ1) is 16.9. The maximum absolute atomic E-state index is 13.3. The lowest BCUT2D eigenvalue weighted by Gasteiger charge is -2.39. The average Bonchev–Trinajstić information content (AvgIpc) is 3.03. The van der Waals surface area contributed by atoms with Crippen LogP contribution in [0, 0.1) is 19.8 Å². The topological polar surface area (TPSA) is 84.7 Å². The fourth-order valence-corrected chi connectivity index (χ4v) is 5.95. The molecule has 1 N–H and O–H groups in total. The van der Waals surface area contributed by atoms with Crippen LogP contribution in [0.25, 0.3) is 0 Å². The van der Waals surface area contributed by atoms with E-state index in [2.05, 4.69) is 5.10 Å². The molecule has 1 aromatic heterocycles. The molecule has 1 aliphatic carbocycles. The van der Waals surface area contributed by atoms with Crippen LogP contribution in [-0.4, -0.2) is 59.5 Å². The van der Waals surface area contributed by atoms with E-state index in [1.807, 2.05) is 0 Å². The van der Waals surface area contributed by atoms with Crippen LogP contribution in [0.1, 0.15) is 30.7 Å². The van der Waals surface area contributed by atoms with Gasteiger partial charge in [0.15, 0.2) is 0 Å². The summed E-state index contributed by atoms with van der Waals surface area (Å²) in [6, 6.07) is -0.301. The third kappa shape index (κ3) is 2.82. The Morgan fingerprint density at radius 3 is 2.61 bits per heavy atom. The van der Waals surface area contributed by atoms with E-state index in [1.54, 1.807) is 25.6 Å². The van der Waals surface area contributed by atoms with Crippen molar-refractivity contribution in [2.45, 2.75) is 50.2 Å². The van der Waals surface area contributed by atoms with Crippen molar-refractivity contribution in [1.82, 2.24) is 14.1 Å². The molecule has 0 bridgehead atoms. The molecular formula is C15H25N3O4S. The molecule has 7 nitrogen and oxygen atoms in total. The van der Waals surface area contributed by atoms with Crippen molar-refractivity contribution in [3.8, 4) is 0 Å². The molecule has 130 valence electrons. The van der Waals surface area contributed by atoms with E-state index >= 15 is 0 Å². The van der Waals surface area contributed by atoms with E-state index in [9.17, 15) is 13.5 Å². The molecule has 0 spiro atoms. The minimum atomic E-state index is -3.65. The molecule has 3 rings (SSSR count). The Labute approximate surface area is 137 Å². The summed E-state index contributed by atoms with van der Waals surface area (Å²) in [7, 11) is -1.90. The normalized spacial score (nSPS) is 30.0. The van der Waals surface area contributed by atoms with Gasteiger partial charge in [0.1, 0.15) is 4.90 Å². The first-order valence-electron chi connectivity index (χ1n) is 8.12. The zero-order valence-electron chi connectivity index (χ0n) is 13.9. The maximum atomic E-state index is 13.3. The van der Waals surface area contributed by atoms with Crippen molar-refractivity contribution in [2.24, 2.45) is 13.0 Å². The SMILES string of the molecule is Cc1nn(C)c(C)c1S(=O)(=O)N1CCOC[C@@H]1[C@@H]1CCC[C@H]1O. The smallest absolute Gasteiger partial charge is 0.247 e. The molecular weight excluding hydrogens is 318 g/mol. The highest BCUT2D eigenvalue weighted by atomic mass is 32.2. The second-order valence-electron chi connectivity index (χ2n) is 6.54. The number of ether oxygens (including phenoxy) is 1. The highest BCUT2D eigenvalue weighted by molar-refractivity contribution is 7.89. The molecule has 0 aromatic carbocycles. The second kappa shape index (κ2) is 6.16. The third-order valence-corrected chi connectivity index (χ3v) is 7.33. The number of hydrogen-bond acceptors (Lipinski definition) is 5. The molecule has 3 atom stereocenters. The van der Waals surface area contributed by atoms with Crippen LogP contribution in [0.15, 0.2) is 4.90 Å². The molecule has 0 amide bonds. The zero-order chi connectivity index (χ0) is 16.8. The van der Waals surface area contributed by atoms with Gasteiger partial charge in [0, 0.05) is 19.5 Å². The summed E-state index contributed by atoms with van der Waals surface area (Å²) in [4.78, 5) is 0.291. The van der Waals surface area contributed by atoms with Gasteiger partial charge in [0.2, 0.25) is 10.0 Å². The summed E-state index contributed by atoms with van der Waals surface area (Å²) in [5.74, 6) is -0.0534. The molecule has 2 aliphatic rings. The molecule has 2 fully saturated rings. The quantitative estimate of drug-likeness (QED) is 0.868. The number of aryl methyl sites for hydroxylation is 2. The van der Waals surface area contributed by atoms with Gasteiger partial charge in [0.05, 0.1) is 36.7 Å². The standard InChI is InChI=1S/C15H25N3O4S/c1-10-15(11(2)17(3)16-10)23(20,21)18-7-8-22-9-13(18)12-5-4-6-14(12)19/h12-14,19H,4-9H2,1-3H3/t12-,13+,14+/m0/s1. The molecule has 1 aromatic rings. The molecule has 23 heavy (non-hydrogen) atoms. The van der Waals surface area contributed by atoms with Crippen LogP contribution in [0.2, 0.25) is 0 Å². The number of rotatable bonds is 3. The Hall–Kier alpha value is -0.960. The summed E-state index contributed by atoms with van der Waals surface area (Å²) in [5.41, 5.74) is 1.15. The third-order valence-electron chi connectivity index (χ3n) is 5.15. The molecule has 0 unspecified atom stereocenters. The van der Waals surface area contributed by atoms with Gasteiger partial charge in [-0.3, -0.25) is 4.68 Å². The van der Waals surface area contributed by atoms with Gasteiger partial charge < -0.3 is 9.84 Å². The Balaban J connectivity index is 1.99. The van der Waals surface area contributed by atoms with E-state index in [0.29, 0.717) is 36.0 Å². The second-order valence-corrected chi connectivity index (χ2v) is 8.37. The summed E-state index contributed by atoms with van der Waals surface area (Å²) in [6.45, 7) is 4.55. The Bertz CT molecular complexity index is 685. The van der Waals surface area contributed by atoms with Crippen molar-refractivity contribution < 1.29 is 18.3 Å². The van der Waals surface area contributed by atoms with Gasteiger partial charge in [-0.15, -0.1) is 0 Å². The number of aliphatic hydroxyl groups is 1. The fraction of sp³-hybridized carbons (Fsp3) is 0.800. The average molecular weight is 343 g/mol. The van der Waals surface area contributed by atoms with Crippen LogP contribution in [0.3, 0.4) is 0 Å². The summed E-state index contributed by atoms with van der Waals surface area (Å²) >= 11 is 0. The first-order chi connectivity index (χ1) is 10.8. The van der Waals surface area contributed by atoms with E-state index in [-0.39, 0.29) is 12.0 Å². The highest BCUT2D eigenvalue weighted by Gasteiger charge is 2.44. The van der Waals surface area contributed by atoms with E-state index < -0.39 is 16.1 Å². The first-order valence-corrected chi connectivity index (χ1v) is 9.56. The van der Waals surface area contributed by atoms with Crippen molar-refractivity contribution in [3.63, 3.8) is 0 Å². The molecule has 2 heterocycles. The lowest BCUT2D eigenvalue weighted by atomic mass is 9.96. The van der Waals surface area contributed by atoms with Gasteiger partial charge in [-0.2, -0.15) is 9.40 Å². The monoisotopic (exact) mass is 343 g/mol. The molecule has 0 radical (unpaired) electrons. The maximum Gasteiger partial charge on any atom is 0.247 e. The van der Waals surface area contributed by atoms with Crippen LogP contribution in [-0.2, 0) is 21.8 Å². The number of hydrogen-bond donors (Lipinski definition) is 1. The van der Waals surface area contributed by atoms with Crippen LogP contribution in [0.5, 0.6) is 0 Å². The zero-order valence-corrected chi connectivity index (χ0v) is 14.7. The highest BCUT2D eigenvalue weighted by Crippen LogP contribution is 2.35. The van der Waals surface area contributed by atoms with Crippen LogP contribution in [0.4, 0.5) is 0 Å². The number of sulfonamides is 1. The summed E-state index contributed by atoms with van der Waals surface area (Å²) in [6.07, 6.45) is 2.06. The number of morpholine rings is 1. The predicted molar refractivity (Wildman–Crippen MR) is 84.5 cm³/mol. The minimum Gasteiger partial charge on any atom is -0.393 e. The predicted octanol–water partition coefficient (Wildman–Crippen LogP) is 0.587. The Kier molecular flexibility index (Phi) is 4.52. The van der Waals surface area contributed by atoms with Gasteiger partial charge in [-0.05, 0) is 26.7 Å². The molecule has 8 heteroatoms. The van der Waals surface area contributed by atoms with E-state index in [0.717, 1.165) is 19.3 Å². The van der Waals surface area contributed by atoms with Crippen LogP contribution >= 0.6 is 0 Å². The molecule has 1 saturated carbocycles. The van der Waals surface area contributed by atoms with E-state index in [1.165, 1.54) is 4.31 Å². The lowest BCUT2D eigenvalue weighted by molar-refractivity contribution is -0.0148.